The number of thiazole rings is 1. The molecule has 4 heterocycles. The summed E-state index contributed by atoms with van der Waals surface area (Å²) < 4.78 is 20.3. The van der Waals surface area contributed by atoms with Gasteiger partial charge in [0.25, 0.3) is 0 Å². The van der Waals surface area contributed by atoms with Gasteiger partial charge < -0.3 is 25.0 Å². The summed E-state index contributed by atoms with van der Waals surface area (Å²) in [4.78, 5) is 53.7. The number of fused-ring (bicyclic) bond motifs is 1. The normalized spacial score (nSPS) is 29.4. The van der Waals surface area contributed by atoms with Gasteiger partial charge in [0.1, 0.15) is 11.9 Å². The van der Waals surface area contributed by atoms with Gasteiger partial charge in [0, 0.05) is 55.5 Å². The van der Waals surface area contributed by atoms with Crippen LogP contribution in [0.5, 0.6) is 0 Å². The van der Waals surface area contributed by atoms with E-state index in [0.29, 0.717) is 66.0 Å². The summed E-state index contributed by atoms with van der Waals surface area (Å²) in [6.45, 7) is 6.39. The minimum Gasteiger partial charge on any atom is -0.481 e. The van der Waals surface area contributed by atoms with Crippen molar-refractivity contribution >= 4 is 35.1 Å². The Balaban J connectivity index is 1.15. The molecule has 11 nitrogen and oxygen atoms in total. The van der Waals surface area contributed by atoms with Crippen LogP contribution in [-0.2, 0) is 14.3 Å². The second kappa shape index (κ2) is 10.7. The number of ether oxygens (including phenoxy) is 1. The molecule has 0 spiro atoms. The Labute approximate surface area is 258 Å². The van der Waals surface area contributed by atoms with Gasteiger partial charge in [-0.1, -0.05) is 12.1 Å². The molecule has 2 aromatic rings. The molecule has 0 unspecified atom stereocenters. The van der Waals surface area contributed by atoms with E-state index >= 15 is 0 Å². The van der Waals surface area contributed by atoms with Gasteiger partial charge in [0.05, 0.1) is 24.6 Å². The zero-order valence-electron chi connectivity index (χ0n) is 24.7. The molecule has 2 saturated heterocycles. The first-order chi connectivity index (χ1) is 21.1. The molecule has 13 heteroatoms. The molecule has 2 N–H and O–H groups in total. The first kappa shape index (κ1) is 28.9. The van der Waals surface area contributed by atoms with Crippen LogP contribution in [0.25, 0.3) is 0 Å². The van der Waals surface area contributed by atoms with Gasteiger partial charge in [-0.3, -0.25) is 14.7 Å². The molecule has 6 aliphatic rings. The molecule has 44 heavy (non-hydrogen) atoms. The lowest BCUT2D eigenvalue weighted by molar-refractivity contribution is -0.208. The molecule has 2 amide bonds. The molecule has 3 aliphatic heterocycles. The Bertz CT molecular complexity index is 1570. The number of carboxylic acids is 1. The zero-order chi connectivity index (χ0) is 30.8. The summed E-state index contributed by atoms with van der Waals surface area (Å²) >= 11 is 1.42. The second-order valence-corrected chi connectivity index (χ2v) is 13.6. The van der Waals surface area contributed by atoms with Crippen molar-refractivity contribution in [3.05, 3.63) is 63.0 Å². The van der Waals surface area contributed by atoms with E-state index in [1.165, 1.54) is 17.4 Å². The molecule has 0 radical (unpaired) electrons. The van der Waals surface area contributed by atoms with Crippen molar-refractivity contribution in [2.24, 2.45) is 10.4 Å². The predicted molar refractivity (Wildman–Crippen MR) is 160 cm³/mol. The maximum absolute atomic E-state index is 14.8. The number of aliphatic imine (C=N–C) groups is 1. The summed E-state index contributed by atoms with van der Waals surface area (Å²) in [6.07, 6.45) is 4.16. The van der Waals surface area contributed by atoms with E-state index < -0.39 is 18.0 Å². The number of benzene rings is 1. The second-order valence-electron chi connectivity index (χ2n) is 12.7. The van der Waals surface area contributed by atoms with Crippen molar-refractivity contribution in [1.82, 2.24) is 25.0 Å². The van der Waals surface area contributed by atoms with Gasteiger partial charge in [-0.25, -0.2) is 19.0 Å². The largest absolute Gasteiger partial charge is 0.481 e. The SMILES string of the molecule is CCOC(=O)C1=C(CN2CCN3C(=O)N(C45CC(CC(=O)O)(C4)C5)C[C@@H]3C2)NC(c2nccs2)=N[C@H]1c1cccc(F)c1C. The molecule has 2 atom stereocenters. The maximum atomic E-state index is 14.8. The van der Waals surface area contributed by atoms with E-state index in [2.05, 4.69) is 15.2 Å². The summed E-state index contributed by atoms with van der Waals surface area (Å²) in [5.41, 5.74) is 1.62. The van der Waals surface area contributed by atoms with E-state index in [1.54, 1.807) is 32.2 Å². The third-order valence-electron chi connectivity index (χ3n) is 9.89. The van der Waals surface area contributed by atoms with Crippen LogP contribution in [0.15, 0.2) is 46.0 Å². The Kier molecular flexibility index (Phi) is 7.00. The predicted octanol–water partition coefficient (Wildman–Crippen LogP) is 3.32. The molecule has 1 aromatic carbocycles. The average molecular weight is 623 g/mol. The molecule has 5 fully saturated rings. The van der Waals surface area contributed by atoms with Crippen molar-refractivity contribution in [3.8, 4) is 0 Å². The lowest BCUT2D eigenvalue weighted by Crippen LogP contribution is -2.75. The number of rotatable bonds is 9. The van der Waals surface area contributed by atoms with Gasteiger partial charge >= 0.3 is 18.0 Å². The highest BCUT2D eigenvalue weighted by Crippen LogP contribution is 2.72. The van der Waals surface area contributed by atoms with Crippen LogP contribution in [0.4, 0.5) is 9.18 Å². The topological polar surface area (TPSA) is 128 Å². The van der Waals surface area contributed by atoms with E-state index in [1.807, 2.05) is 15.2 Å². The number of piperazine rings is 1. The van der Waals surface area contributed by atoms with Gasteiger partial charge in [0.15, 0.2) is 10.8 Å². The monoisotopic (exact) mass is 622 g/mol. The summed E-state index contributed by atoms with van der Waals surface area (Å²) in [5.74, 6) is -1.15. The van der Waals surface area contributed by atoms with E-state index in [0.717, 1.165) is 19.3 Å². The van der Waals surface area contributed by atoms with Crippen molar-refractivity contribution < 1.29 is 28.6 Å². The fourth-order valence-corrected chi connectivity index (χ4v) is 8.62. The van der Waals surface area contributed by atoms with Crippen LogP contribution in [-0.4, -0.2) is 99.5 Å². The van der Waals surface area contributed by atoms with Gasteiger partial charge in [-0.2, -0.15) is 0 Å². The fourth-order valence-electron chi connectivity index (χ4n) is 8.03. The number of nitrogens with one attached hydrogen (secondary N) is 1. The first-order valence-corrected chi connectivity index (χ1v) is 15.9. The Morgan fingerprint density at radius 1 is 1.23 bits per heavy atom. The number of amidine groups is 1. The minimum atomic E-state index is -0.785. The number of amides is 2. The van der Waals surface area contributed by atoms with Gasteiger partial charge in [0.2, 0.25) is 0 Å². The number of aliphatic carboxylic acids is 1. The quantitative estimate of drug-likeness (QED) is 0.408. The molecule has 232 valence electrons. The van der Waals surface area contributed by atoms with Crippen LogP contribution in [0.2, 0.25) is 0 Å². The number of hydrogen-bond acceptors (Lipinski definition) is 9. The molecule has 1 aromatic heterocycles. The van der Waals surface area contributed by atoms with Crippen LogP contribution in [0.1, 0.15) is 54.8 Å². The van der Waals surface area contributed by atoms with Gasteiger partial charge in [-0.05, 0) is 55.7 Å². The smallest absolute Gasteiger partial charge is 0.338 e. The third kappa shape index (κ3) is 4.68. The number of aromatic nitrogens is 1. The summed E-state index contributed by atoms with van der Waals surface area (Å²) in [5, 5.41) is 15.2. The molecule has 2 bridgehead atoms. The maximum Gasteiger partial charge on any atom is 0.338 e. The number of nitrogens with zero attached hydrogens (tertiary/aromatic N) is 5. The van der Waals surface area contributed by atoms with Crippen molar-refractivity contribution in [3.63, 3.8) is 0 Å². The highest BCUT2D eigenvalue weighted by molar-refractivity contribution is 7.11. The lowest BCUT2D eigenvalue weighted by atomic mass is 9.38. The Morgan fingerprint density at radius 2 is 2.02 bits per heavy atom. The van der Waals surface area contributed by atoms with Crippen molar-refractivity contribution in [1.29, 1.82) is 0 Å². The molecular weight excluding hydrogens is 587 g/mol. The summed E-state index contributed by atoms with van der Waals surface area (Å²) in [6, 6.07) is 4.05. The van der Waals surface area contributed by atoms with E-state index in [9.17, 15) is 23.9 Å². The molecular formula is C31H35FN6O5S. The van der Waals surface area contributed by atoms with Crippen molar-refractivity contribution in [2.75, 3.05) is 39.3 Å². The standard InChI is InChI=1S/C31H35FN6O5S/c1-3-43-28(41)24-22(34-26(27-33-7-10-44-27)35-25(24)20-5-4-6-21(32)18(20)2)14-36-8-9-37-19(12-36)13-38(29(37)42)31-15-30(16-31,17-31)11-23(39)40/h4-7,10,19,25H,3,8-9,11-17H2,1-2H3,(H,34,35)(H,39,40)/t19-,25-,30?,31?/m0/s1. The first-order valence-electron chi connectivity index (χ1n) is 15.0. The highest BCUT2D eigenvalue weighted by Gasteiger charge is 2.72. The number of urea groups is 1. The molecule has 8 rings (SSSR count). The van der Waals surface area contributed by atoms with Crippen LogP contribution < -0.4 is 5.32 Å². The third-order valence-corrected chi connectivity index (χ3v) is 10.7. The number of carboxylic acid groups (broad SMARTS) is 1. The number of hydrogen-bond donors (Lipinski definition) is 2. The van der Waals surface area contributed by atoms with Gasteiger partial charge in [-0.15, -0.1) is 11.3 Å². The summed E-state index contributed by atoms with van der Waals surface area (Å²) in [7, 11) is 0. The Morgan fingerprint density at radius 3 is 2.73 bits per heavy atom. The van der Waals surface area contributed by atoms with E-state index in [-0.39, 0.29) is 41.9 Å². The van der Waals surface area contributed by atoms with Crippen molar-refractivity contribution in [2.45, 2.75) is 57.2 Å². The molecule has 3 saturated carbocycles. The Hall–Kier alpha value is -3.84. The molecule has 3 aliphatic carbocycles. The fraction of sp³-hybridized carbons (Fsp3) is 0.516. The number of esters is 1. The van der Waals surface area contributed by atoms with Crippen LogP contribution in [0, 0.1) is 18.2 Å². The van der Waals surface area contributed by atoms with E-state index in [4.69, 9.17) is 9.73 Å². The highest BCUT2D eigenvalue weighted by atomic mass is 32.1. The van der Waals surface area contributed by atoms with Crippen LogP contribution >= 0.6 is 11.3 Å². The minimum absolute atomic E-state index is 0.00991. The van der Waals surface area contributed by atoms with Crippen LogP contribution in [0.3, 0.4) is 0 Å². The number of carbonyl (C=O) groups is 3. The number of carbonyl (C=O) groups excluding carboxylic acids is 2. The average Bonchev–Trinajstić information content (AvgIpc) is 3.60. The number of halogens is 1. The lowest BCUT2D eigenvalue weighted by Gasteiger charge is -2.73. The zero-order valence-corrected chi connectivity index (χ0v) is 25.5.